The number of ether oxygens (including phenoxy) is 1. The molecule has 0 aromatic heterocycles. The summed E-state index contributed by atoms with van der Waals surface area (Å²) in [6.07, 6.45) is 1.72. The fraction of sp³-hybridized carbons (Fsp3) is 0.750. The molecule has 0 N–H and O–H groups in total. The number of rotatable bonds is 4. The van der Waals surface area contributed by atoms with E-state index in [9.17, 15) is 9.59 Å². The van der Waals surface area contributed by atoms with Gasteiger partial charge in [-0.15, -0.1) is 11.8 Å². The van der Waals surface area contributed by atoms with Gasteiger partial charge >= 0.3 is 5.97 Å². The third-order valence-electron chi connectivity index (χ3n) is 1.75. The van der Waals surface area contributed by atoms with Crippen molar-refractivity contribution in [1.29, 1.82) is 0 Å². The van der Waals surface area contributed by atoms with E-state index in [1.54, 1.807) is 20.1 Å². The van der Waals surface area contributed by atoms with Gasteiger partial charge in [-0.05, 0) is 27.0 Å². The Bertz CT molecular complexity index is 191. The van der Waals surface area contributed by atoms with Gasteiger partial charge in [0.25, 0.3) is 0 Å². The highest BCUT2D eigenvalue weighted by Gasteiger charge is 2.38. The highest BCUT2D eigenvalue weighted by atomic mass is 32.2. The van der Waals surface area contributed by atoms with Crippen molar-refractivity contribution in [2.24, 2.45) is 0 Å². The molecule has 12 heavy (non-hydrogen) atoms. The lowest BCUT2D eigenvalue weighted by Gasteiger charge is -2.21. The van der Waals surface area contributed by atoms with Crippen LogP contribution >= 0.6 is 11.8 Å². The normalized spacial score (nSPS) is 15.0. The van der Waals surface area contributed by atoms with Gasteiger partial charge in [-0.3, -0.25) is 9.59 Å². The molecule has 1 atom stereocenters. The second-order valence-corrected chi connectivity index (χ2v) is 3.74. The molecule has 0 fully saturated rings. The number of hydrogen-bond acceptors (Lipinski definition) is 4. The Morgan fingerprint density at radius 2 is 2.00 bits per heavy atom. The van der Waals surface area contributed by atoms with Crippen molar-refractivity contribution in [2.75, 3.05) is 12.9 Å². The van der Waals surface area contributed by atoms with Gasteiger partial charge in [-0.2, -0.15) is 0 Å². The number of thioether (sulfide) groups is 1. The first-order valence-corrected chi connectivity index (χ1v) is 4.95. The zero-order chi connectivity index (χ0) is 9.78. The highest BCUT2D eigenvalue weighted by molar-refractivity contribution is 8.01. The minimum absolute atomic E-state index is 0.173. The van der Waals surface area contributed by atoms with Crippen LogP contribution in [0.2, 0.25) is 0 Å². The summed E-state index contributed by atoms with van der Waals surface area (Å²) in [5.41, 5.74) is 0. The summed E-state index contributed by atoms with van der Waals surface area (Å²) in [6.45, 7) is 5.01. The Kier molecular flexibility index (Phi) is 4.31. The quantitative estimate of drug-likeness (QED) is 0.494. The lowest BCUT2D eigenvalue weighted by molar-refractivity contribution is -0.148. The fourth-order valence-electron chi connectivity index (χ4n) is 0.640. The molecular formula is C8H14O3S. The van der Waals surface area contributed by atoms with Crippen LogP contribution in [0.5, 0.6) is 0 Å². The summed E-state index contributed by atoms with van der Waals surface area (Å²) < 4.78 is 3.75. The van der Waals surface area contributed by atoms with Gasteiger partial charge in [0.2, 0.25) is 0 Å². The topological polar surface area (TPSA) is 43.4 Å². The van der Waals surface area contributed by atoms with E-state index < -0.39 is 10.7 Å². The standard InChI is InChI=1S/C8H14O3S/c1-5-11-7(10)8(3,12-4)6(2)9/h5H2,1-4H3/t8-/m0/s1. The monoisotopic (exact) mass is 190 g/mol. The Hall–Kier alpha value is -0.510. The van der Waals surface area contributed by atoms with Gasteiger partial charge in [0.15, 0.2) is 10.5 Å². The molecular weight excluding hydrogens is 176 g/mol. The van der Waals surface area contributed by atoms with Crippen LogP contribution in [0.25, 0.3) is 0 Å². The van der Waals surface area contributed by atoms with Crippen LogP contribution in [0.15, 0.2) is 0 Å². The zero-order valence-electron chi connectivity index (χ0n) is 7.84. The molecule has 0 aromatic rings. The molecule has 0 aliphatic carbocycles. The van der Waals surface area contributed by atoms with Crippen molar-refractivity contribution in [3.05, 3.63) is 0 Å². The number of carbonyl (C=O) groups excluding carboxylic acids is 2. The Morgan fingerprint density at radius 3 is 2.25 bits per heavy atom. The van der Waals surface area contributed by atoms with Crippen molar-refractivity contribution < 1.29 is 14.3 Å². The van der Waals surface area contributed by atoms with Gasteiger partial charge in [-0.25, -0.2) is 0 Å². The number of esters is 1. The first-order valence-electron chi connectivity index (χ1n) is 3.72. The summed E-state index contributed by atoms with van der Waals surface area (Å²) in [5.74, 6) is -0.626. The molecule has 0 rings (SSSR count). The van der Waals surface area contributed by atoms with E-state index in [0.717, 1.165) is 0 Å². The molecule has 0 heterocycles. The van der Waals surface area contributed by atoms with Crippen molar-refractivity contribution >= 4 is 23.5 Å². The second kappa shape index (κ2) is 4.50. The van der Waals surface area contributed by atoms with Crippen LogP contribution in [-0.2, 0) is 14.3 Å². The zero-order valence-corrected chi connectivity index (χ0v) is 8.66. The lowest BCUT2D eigenvalue weighted by Crippen LogP contribution is -2.40. The number of hydrogen-bond donors (Lipinski definition) is 0. The summed E-state index contributed by atoms with van der Waals surface area (Å²) in [6, 6.07) is 0. The molecule has 70 valence electrons. The largest absolute Gasteiger partial charge is 0.465 e. The summed E-state index contributed by atoms with van der Waals surface area (Å²) >= 11 is 1.20. The number of carbonyl (C=O) groups is 2. The molecule has 0 amide bonds. The molecule has 0 saturated carbocycles. The van der Waals surface area contributed by atoms with Crippen molar-refractivity contribution in [3.8, 4) is 0 Å². The van der Waals surface area contributed by atoms with Crippen LogP contribution in [0, 0.1) is 0 Å². The average Bonchev–Trinajstić information content (AvgIpc) is 2.03. The average molecular weight is 190 g/mol. The summed E-state index contributed by atoms with van der Waals surface area (Å²) in [5, 5.41) is 0. The molecule has 0 unspecified atom stereocenters. The van der Waals surface area contributed by atoms with Gasteiger partial charge in [0.1, 0.15) is 0 Å². The number of ketones is 1. The van der Waals surface area contributed by atoms with Crippen LogP contribution in [-0.4, -0.2) is 29.4 Å². The summed E-state index contributed by atoms with van der Waals surface area (Å²) in [7, 11) is 0. The molecule has 4 heteroatoms. The van der Waals surface area contributed by atoms with Crippen LogP contribution in [0.4, 0.5) is 0 Å². The Morgan fingerprint density at radius 1 is 1.50 bits per heavy atom. The predicted molar refractivity (Wildman–Crippen MR) is 49.2 cm³/mol. The second-order valence-electron chi connectivity index (χ2n) is 2.51. The summed E-state index contributed by atoms with van der Waals surface area (Å²) in [4.78, 5) is 22.4. The molecule has 0 aliphatic rings. The van der Waals surface area contributed by atoms with Crippen molar-refractivity contribution in [3.63, 3.8) is 0 Å². The minimum atomic E-state index is -1.03. The maximum absolute atomic E-state index is 11.3. The first-order chi connectivity index (χ1) is 5.49. The first kappa shape index (κ1) is 11.5. The van der Waals surface area contributed by atoms with Crippen molar-refractivity contribution in [2.45, 2.75) is 25.5 Å². The van der Waals surface area contributed by atoms with E-state index in [2.05, 4.69) is 0 Å². The van der Waals surface area contributed by atoms with E-state index in [4.69, 9.17) is 4.74 Å². The highest BCUT2D eigenvalue weighted by Crippen LogP contribution is 2.24. The molecule has 0 bridgehead atoms. The van der Waals surface area contributed by atoms with Crippen LogP contribution < -0.4 is 0 Å². The Balaban J connectivity index is 4.52. The van der Waals surface area contributed by atoms with E-state index >= 15 is 0 Å². The van der Waals surface area contributed by atoms with Crippen LogP contribution in [0.1, 0.15) is 20.8 Å². The van der Waals surface area contributed by atoms with Gasteiger partial charge in [0, 0.05) is 0 Å². The molecule has 0 aliphatic heterocycles. The molecule has 3 nitrogen and oxygen atoms in total. The lowest BCUT2D eigenvalue weighted by atomic mass is 10.1. The minimum Gasteiger partial charge on any atom is -0.465 e. The van der Waals surface area contributed by atoms with E-state index in [0.29, 0.717) is 6.61 Å². The van der Waals surface area contributed by atoms with Gasteiger partial charge < -0.3 is 4.74 Å². The predicted octanol–water partition coefficient (Wildman–Crippen LogP) is 1.26. The molecule has 0 saturated heterocycles. The van der Waals surface area contributed by atoms with Crippen molar-refractivity contribution in [1.82, 2.24) is 0 Å². The molecule has 0 spiro atoms. The molecule has 0 radical (unpaired) electrons. The smallest absolute Gasteiger partial charge is 0.329 e. The third kappa shape index (κ3) is 2.24. The Labute approximate surface area is 76.9 Å². The fourth-order valence-corrected chi connectivity index (χ4v) is 1.15. The van der Waals surface area contributed by atoms with E-state index in [1.165, 1.54) is 18.7 Å². The van der Waals surface area contributed by atoms with Gasteiger partial charge in [-0.1, -0.05) is 0 Å². The third-order valence-corrected chi connectivity index (χ3v) is 3.02. The molecule has 0 aromatic carbocycles. The van der Waals surface area contributed by atoms with E-state index in [-0.39, 0.29) is 5.78 Å². The van der Waals surface area contributed by atoms with E-state index in [1.807, 2.05) is 0 Å². The van der Waals surface area contributed by atoms with Crippen LogP contribution in [0.3, 0.4) is 0 Å². The number of Topliss-reactive ketones (excluding diaryl/α,β-unsaturated/α-hetero) is 1. The maximum atomic E-state index is 11.3. The SMILES string of the molecule is CCOC(=O)[C@@](C)(SC)C(C)=O. The van der Waals surface area contributed by atoms with Gasteiger partial charge in [0.05, 0.1) is 6.61 Å². The maximum Gasteiger partial charge on any atom is 0.329 e.